The third-order valence-corrected chi connectivity index (χ3v) is 1.50. The monoisotopic (exact) mass is 173 g/mol. The molecule has 2 N–H and O–H groups in total. The van der Waals surface area contributed by atoms with E-state index in [1.165, 1.54) is 0 Å². The molecule has 0 aromatic carbocycles. The summed E-state index contributed by atoms with van der Waals surface area (Å²) in [4.78, 5) is 21.0. The summed E-state index contributed by atoms with van der Waals surface area (Å²) >= 11 is 0. The van der Waals surface area contributed by atoms with E-state index in [9.17, 15) is 9.59 Å². The van der Waals surface area contributed by atoms with E-state index in [-0.39, 0.29) is 18.6 Å². The predicted octanol–water partition coefficient (Wildman–Crippen LogP) is 0.420. The van der Waals surface area contributed by atoms with Crippen LogP contribution in [-0.2, 0) is 9.59 Å². The van der Waals surface area contributed by atoms with E-state index < -0.39 is 5.97 Å². The molecule has 0 aromatic heterocycles. The largest absolute Gasteiger partial charge is 0.481 e. The van der Waals surface area contributed by atoms with Crippen LogP contribution < -0.4 is 5.32 Å². The first-order valence-electron chi connectivity index (χ1n) is 4.05. The molecule has 4 nitrogen and oxygen atoms in total. The predicted molar refractivity (Wildman–Crippen MR) is 45.0 cm³/mol. The van der Waals surface area contributed by atoms with E-state index in [0.717, 1.165) is 13.0 Å². The zero-order chi connectivity index (χ0) is 9.40. The average Bonchev–Trinajstić information content (AvgIpc) is 2.01. The van der Waals surface area contributed by atoms with Crippen molar-refractivity contribution in [2.75, 3.05) is 13.6 Å². The lowest BCUT2D eigenvalue weighted by atomic mass is 10.1. The van der Waals surface area contributed by atoms with Crippen molar-refractivity contribution < 1.29 is 14.7 Å². The molecule has 0 radical (unpaired) electrons. The highest BCUT2D eigenvalue weighted by Crippen LogP contribution is 1.97. The summed E-state index contributed by atoms with van der Waals surface area (Å²) in [6.45, 7) is 0.804. The molecule has 12 heavy (non-hydrogen) atoms. The van der Waals surface area contributed by atoms with Gasteiger partial charge in [0.25, 0.3) is 0 Å². The van der Waals surface area contributed by atoms with Gasteiger partial charge in [-0.2, -0.15) is 0 Å². The van der Waals surface area contributed by atoms with Crippen molar-refractivity contribution in [2.45, 2.75) is 25.7 Å². The van der Waals surface area contributed by atoms with Crippen molar-refractivity contribution in [3.63, 3.8) is 0 Å². The van der Waals surface area contributed by atoms with Crippen LogP contribution in [0.15, 0.2) is 0 Å². The number of aliphatic carboxylic acids is 1. The minimum Gasteiger partial charge on any atom is -0.481 e. The summed E-state index contributed by atoms with van der Waals surface area (Å²) in [7, 11) is 1.82. The van der Waals surface area contributed by atoms with E-state index in [1.807, 2.05) is 7.05 Å². The highest BCUT2D eigenvalue weighted by atomic mass is 16.4. The lowest BCUT2D eigenvalue weighted by molar-refractivity contribution is -0.138. The molecule has 0 rings (SSSR count). The molecule has 70 valence electrons. The van der Waals surface area contributed by atoms with Gasteiger partial charge < -0.3 is 10.4 Å². The fourth-order valence-corrected chi connectivity index (χ4v) is 0.834. The van der Waals surface area contributed by atoms with Crippen molar-refractivity contribution >= 4 is 11.8 Å². The van der Waals surface area contributed by atoms with Crippen molar-refractivity contribution in [2.24, 2.45) is 0 Å². The number of Topliss-reactive ketones (excluding diaryl/α,β-unsaturated/α-hetero) is 1. The lowest BCUT2D eigenvalue weighted by Crippen LogP contribution is -2.10. The van der Waals surface area contributed by atoms with Crippen LogP contribution in [0.3, 0.4) is 0 Å². The molecule has 0 atom stereocenters. The second-order valence-electron chi connectivity index (χ2n) is 2.64. The van der Waals surface area contributed by atoms with Gasteiger partial charge in [-0.1, -0.05) is 0 Å². The molecule has 0 aliphatic heterocycles. The third-order valence-electron chi connectivity index (χ3n) is 1.50. The van der Waals surface area contributed by atoms with E-state index in [2.05, 4.69) is 5.32 Å². The molecule has 0 saturated heterocycles. The number of hydrogen-bond donors (Lipinski definition) is 2. The molecule has 0 saturated carbocycles. The molecule has 0 aliphatic rings. The summed E-state index contributed by atoms with van der Waals surface area (Å²) < 4.78 is 0. The van der Waals surface area contributed by atoms with Gasteiger partial charge in [0.1, 0.15) is 5.78 Å². The SMILES string of the molecule is CNCCCC(=O)CCC(=O)O. The first kappa shape index (κ1) is 11.1. The maximum absolute atomic E-state index is 10.9. The molecular weight excluding hydrogens is 158 g/mol. The van der Waals surface area contributed by atoms with Crippen LogP contribution in [0, 0.1) is 0 Å². The van der Waals surface area contributed by atoms with Crippen LogP contribution in [-0.4, -0.2) is 30.5 Å². The third kappa shape index (κ3) is 7.21. The molecule has 0 bridgehead atoms. The number of carbonyl (C=O) groups is 2. The lowest BCUT2D eigenvalue weighted by Gasteiger charge is -1.98. The maximum Gasteiger partial charge on any atom is 0.303 e. The Kier molecular flexibility index (Phi) is 6.28. The Bertz CT molecular complexity index is 156. The highest BCUT2D eigenvalue weighted by molar-refractivity contribution is 5.82. The smallest absolute Gasteiger partial charge is 0.303 e. The number of carbonyl (C=O) groups excluding carboxylic acids is 1. The first-order valence-corrected chi connectivity index (χ1v) is 4.05. The molecule has 0 amide bonds. The number of hydrogen-bond acceptors (Lipinski definition) is 3. The molecule has 0 fully saturated rings. The second-order valence-corrected chi connectivity index (χ2v) is 2.64. The zero-order valence-corrected chi connectivity index (χ0v) is 7.30. The number of ketones is 1. The van der Waals surface area contributed by atoms with E-state index >= 15 is 0 Å². The van der Waals surface area contributed by atoms with Gasteiger partial charge in [0.2, 0.25) is 0 Å². The van der Waals surface area contributed by atoms with Crippen LogP contribution in [0.1, 0.15) is 25.7 Å². The summed E-state index contributed by atoms with van der Waals surface area (Å²) in [6.07, 6.45) is 1.39. The van der Waals surface area contributed by atoms with Gasteiger partial charge in [0.05, 0.1) is 6.42 Å². The molecule has 0 unspecified atom stereocenters. The topological polar surface area (TPSA) is 66.4 Å². The fraction of sp³-hybridized carbons (Fsp3) is 0.750. The Labute approximate surface area is 72.0 Å². The Balaban J connectivity index is 3.28. The quantitative estimate of drug-likeness (QED) is 0.547. The fourth-order valence-electron chi connectivity index (χ4n) is 0.834. The van der Waals surface area contributed by atoms with Gasteiger partial charge in [0.15, 0.2) is 0 Å². The molecule has 0 heterocycles. The molecule has 0 spiro atoms. The molecule has 4 heteroatoms. The highest BCUT2D eigenvalue weighted by Gasteiger charge is 2.04. The second kappa shape index (κ2) is 6.79. The van der Waals surface area contributed by atoms with Gasteiger partial charge in [-0.3, -0.25) is 9.59 Å². The minimum absolute atomic E-state index is 0.0349. The van der Waals surface area contributed by atoms with E-state index in [4.69, 9.17) is 5.11 Å². The Morgan fingerprint density at radius 2 is 1.92 bits per heavy atom. The number of carboxylic acids is 1. The number of carboxylic acid groups (broad SMARTS) is 1. The first-order chi connectivity index (χ1) is 5.66. The molecular formula is C8H15NO3. The summed E-state index contributed by atoms with van der Waals surface area (Å²) in [6, 6.07) is 0. The van der Waals surface area contributed by atoms with E-state index in [0.29, 0.717) is 6.42 Å². The van der Waals surface area contributed by atoms with Gasteiger partial charge in [-0.25, -0.2) is 0 Å². The van der Waals surface area contributed by atoms with Crippen molar-refractivity contribution in [1.29, 1.82) is 0 Å². The Morgan fingerprint density at radius 1 is 1.25 bits per heavy atom. The summed E-state index contributed by atoms with van der Waals surface area (Å²) in [5.41, 5.74) is 0. The van der Waals surface area contributed by atoms with Crippen LogP contribution >= 0.6 is 0 Å². The minimum atomic E-state index is -0.906. The summed E-state index contributed by atoms with van der Waals surface area (Å²) in [5.74, 6) is -0.871. The molecule has 0 aromatic rings. The average molecular weight is 173 g/mol. The van der Waals surface area contributed by atoms with Gasteiger partial charge in [-0.05, 0) is 20.0 Å². The maximum atomic E-state index is 10.9. The summed E-state index contributed by atoms with van der Waals surface area (Å²) in [5, 5.41) is 11.2. The van der Waals surface area contributed by atoms with Gasteiger partial charge >= 0.3 is 5.97 Å². The van der Waals surface area contributed by atoms with Gasteiger partial charge in [-0.15, -0.1) is 0 Å². The van der Waals surface area contributed by atoms with Crippen LogP contribution in [0.25, 0.3) is 0 Å². The standard InChI is InChI=1S/C8H15NO3/c1-9-6-2-3-7(10)4-5-8(11)12/h9H,2-6H2,1H3,(H,11,12). The van der Waals surface area contributed by atoms with Crippen molar-refractivity contribution in [3.8, 4) is 0 Å². The number of nitrogens with one attached hydrogen (secondary N) is 1. The van der Waals surface area contributed by atoms with Gasteiger partial charge in [0, 0.05) is 12.8 Å². The van der Waals surface area contributed by atoms with Crippen molar-refractivity contribution in [1.82, 2.24) is 5.32 Å². The van der Waals surface area contributed by atoms with Crippen LogP contribution in [0.4, 0.5) is 0 Å². The van der Waals surface area contributed by atoms with Crippen molar-refractivity contribution in [3.05, 3.63) is 0 Å². The Hall–Kier alpha value is -0.900. The Morgan fingerprint density at radius 3 is 2.42 bits per heavy atom. The molecule has 0 aliphatic carbocycles. The number of rotatable bonds is 7. The zero-order valence-electron chi connectivity index (χ0n) is 7.30. The van der Waals surface area contributed by atoms with Crippen LogP contribution in [0.2, 0.25) is 0 Å². The van der Waals surface area contributed by atoms with Crippen LogP contribution in [0.5, 0.6) is 0 Å². The van der Waals surface area contributed by atoms with E-state index in [1.54, 1.807) is 0 Å². The normalized spacial score (nSPS) is 9.75.